The van der Waals surface area contributed by atoms with E-state index in [-0.39, 0.29) is 19.1 Å². The Morgan fingerprint density at radius 1 is 1.18 bits per heavy atom. The second kappa shape index (κ2) is 9.50. The summed E-state index contributed by atoms with van der Waals surface area (Å²) in [4.78, 5) is 23.8. The van der Waals surface area contributed by atoms with Gasteiger partial charge in [-0.15, -0.1) is 5.10 Å². The summed E-state index contributed by atoms with van der Waals surface area (Å²) in [5.41, 5.74) is 1.70. The van der Waals surface area contributed by atoms with Crippen molar-refractivity contribution in [2.45, 2.75) is 32.0 Å². The standard InChI is InChI=1S/C20H22N4O4/c1-15(21-20(26)28-14-16-7-3-2-4-8-16)19(25)27-12-11-24-13-18(22-23-24)17-9-5-6-10-17/h2-10,13,15,17H,11-12,14H2,1H3,(H,21,26)/t15-/m0/s1. The first-order valence-electron chi connectivity index (χ1n) is 9.00. The molecule has 8 heteroatoms. The molecular formula is C20H22N4O4. The van der Waals surface area contributed by atoms with E-state index < -0.39 is 18.1 Å². The number of allylic oxidation sites excluding steroid dienone is 4. The van der Waals surface area contributed by atoms with Crippen molar-refractivity contribution >= 4 is 12.1 Å². The van der Waals surface area contributed by atoms with Crippen molar-refractivity contribution in [1.29, 1.82) is 0 Å². The molecule has 1 atom stereocenters. The number of amides is 1. The molecule has 0 fully saturated rings. The Morgan fingerprint density at radius 2 is 1.93 bits per heavy atom. The van der Waals surface area contributed by atoms with E-state index in [1.807, 2.05) is 60.8 Å². The summed E-state index contributed by atoms with van der Waals surface area (Å²) in [6.45, 7) is 2.18. The number of ether oxygens (including phenoxy) is 2. The van der Waals surface area contributed by atoms with Crippen molar-refractivity contribution in [2.75, 3.05) is 6.61 Å². The summed E-state index contributed by atoms with van der Waals surface area (Å²) in [7, 11) is 0. The number of nitrogens with one attached hydrogen (secondary N) is 1. The molecule has 1 heterocycles. The van der Waals surface area contributed by atoms with E-state index >= 15 is 0 Å². The molecule has 0 aliphatic heterocycles. The van der Waals surface area contributed by atoms with Crippen LogP contribution in [0.2, 0.25) is 0 Å². The number of alkyl carbamates (subject to hydrolysis) is 1. The Hall–Kier alpha value is -3.42. The number of hydrogen-bond donors (Lipinski definition) is 1. The minimum atomic E-state index is -0.816. The third-order valence-electron chi connectivity index (χ3n) is 4.11. The Labute approximate surface area is 162 Å². The molecule has 0 saturated heterocycles. The average molecular weight is 382 g/mol. The molecular weight excluding hydrogens is 360 g/mol. The highest BCUT2D eigenvalue weighted by Gasteiger charge is 2.18. The summed E-state index contributed by atoms with van der Waals surface area (Å²) < 4.78 is 11.9. The maximum Gasteiger partial charge on any atom is 0.408 e. The lowest BCUT2D eigenvalue weighted by atomic mass is 10.1. The third-order valence-corrected chi connectivity index (χ3v) is 4.11. The van der Waals surface area contributed by atoms with Crippen LogP contribution in [-0.4, -0.2) is 39.7 Å². The lowest BCUT2D eigenvalue weighted by molar-refractivity contribution is -0.145. The van der Waals surface area contributed by atoms with E-state index in [0.717, 1.165) is 11.3 Å². The Bertz CT molecular complexity index is 848. The van der Waals surface area contributed by atoms with Crippen molar-refractivity contribution in [2.24, 2.45) is 0 Å². The number of aromatic nitrogens is 3. The zero-order valence-corrected chi connectivity index (χ0v) is 15.5. The molecule has 0 saturated carbocycles. The zero-order valence-electron chi connectivity index (χ0n) is 15.5. The SMILES string of the molecule is C[C@H](NC(=O)OCc1ccccc1)C(=O)OCCn1cc(C2C=CC=C2)nn1. The van der Waals surface area contributed by atoms with Gasteiger partial charge in [-0.25, -0.2) is 14.3 Å². The van der Waals surface area contributed by atoms with Crippen molar-refractivity contribution in [3.05, 3.63) is 72.1 Å². The average Bonchev–Trinajstić information content (AvgIpc) is 3.39. The van der Waals surface area contributed by atoms with Gasteiger partial charge in [-0.2, -0.15) is 0 Å². The highest BCUT2D eigenvalue weighted by atomic mass is 16.6. The molecule has 0 bridgehead atoms. The van der Waals surface area contributed by atoms with Gasteiger partial charge >= 0.3 is 12.1 Å². The van der Waals surface area contributed by atoms with Crippen LogP contribution in [0.4, 0.5) is 4.79 Å². The molecule has 0 unspecified atom stereocenters. The Morgan fingerprint density at radius 3 is 2.68 bits per heavy atom. The molecule has 1 aromatic carbocycles. The van der Waals surface area contributed by atoms with Crippen molar-refractivity contribution < 1.29 is 19.1 Å². The van der Waals surface area contributed by atoms with Crippen LogP contribution in [0.5, 0.6) is 0 Å². The number of rotatable bonds is 8. The predicted molar refractivity (Wildman–Crippen MR) is 101 cm³/mol. The quantitative estimate of drug-likeness (QED) is 0.704. The summed E-state index contributed by atoms with van der Waals surface area (Å²) in [6, 6.07) is 8.47. The van der Waals surface area contributed by atoms with E-state index in [4.69, 9.17) is 9.47 Å². The number of carbonyl (C=O) groups excluding carboxylic acids is 2. The van der Waals surface area contributed by atoms with Crippen molar-refractivity contribution in [3.8, 4) is 0 Å². The Balaban J connectivity index is 1.35. The van der Waals surface area contributed by atoms with Crippen LogP contribution >= 0.6 is 0 Å². The molecule has 2 aromatic rings. The molecule has 28 heavy (non-hydrogen) atoms. The normalized spacial score (nSPS) is 14.0. The van der Waals surface area contributed by atoms with Gasteiger partial charge in [0.05, 0.1) is 12.2 Å². The van der Waals surface area contributed by atoms with Crippen LogP contribution in [0.15, 0.2) is 60.8 Å². The zero-order chi connectivity index (χ0) is 19.8. The highest BCUT2D eigenvalue weighted by molar-refractivity contribution is 5.80. The van der Waals surface area contributed by atoms with E-state index in [9.17, 15) is 9.59 Å². The lowest BCUT2D eigenvalue weighted by Crippen LogP contribution is -2.40. The fourth-order valence-electron chi connectivity index (χ4n) is 2.57. The summed E-state index contributed by atoms with van der Waals surface area (Å²) >= 11 is 0. The maximum absolute atomic E-state index is 12.0. The smallest absolute Gasteiger partial charge is 0.408 e. The summed E-state index contributed by atoms with van der Waals surface area (Å²) in [5.74, 6) is -0.402. The minimum absolute atomic E-state index is 0.128. The van der Waals surface area contributed by atoms with Crippen LogP contribution < -0.4 is 5.32 Å². The molecule has 1 N–H and O–H groups in total. The van der Waals surface area contributed by atoms with Gasteiger partial charge in [0, 0.05) is 12.1 Å². The van der Waals surface area contributed by atoms with E-state index in [1.165, 1.54) is 0 Å². The largest absolute Gasteiger partial charge is 0.462 e. The third kappa shape index (κ3) is 5.54. The molecule has 1 amide bonds. The van der Waals surface area contributed by atoms with Crippen LogP contribution in [0.1, 0.15) is 24.1 Å². The monoisotopic (exact) mass is 382 g/mol. The number of carbonyl (C=O) groups is 2. The number of esters is 1. The minimum Gasteiger partial charge on any atom is -0.462 e. The fourth-order valence-corrected chi connectivity index (χ4v) is 2.57. The van der Waals surface area contributed by atoms with Gasteiger partial charge in [0.1, 0.15) is 19.3 Å². The molecule has 1 aliphatic rings. The molecule has 0 radical (unpaired) electrons. The van der Waals surface area contributed by atoms with Crippen LogP contribution in [0.3, 0.4) is 0 Å². The number of hydrogen-bond acceptors (Lipinski definition) is 6. The molecule has 1 aliphatic carbocycles. The Kier molecular flexibility index (Phi) is 6.56. The van der Waals surface area contributed by atoms with Gasteiger partial charge in [0.25, 0.3) is 0 Å². The van der Waals surface area contributed by atoms with E-state index in [0.29, 0.717) is 6.54 Å². The van der Waals surface area contributed by atoms with Crippen LogP contribution in [0, 0.1) is 0 Å². The van der Waals surface area contributed by atoms with Gasteiger partial charge in [-0.3, -0.25) is 0 Å². The second-order valence-corrected chi connectivity index (χ2v) is 6.30. The highest BCUT2D eigenvalue weighted by Crippen LogP contribution is 2.19. The van der Waals surface area contributed by atoms with Crippen LogP contribution in [-0.2, 0) is 27.4 Å². The van der Waals surface area contributed by atoms with Gasteiger partial charge in [-0.1, -0.05) is 59.8 Å². The predicted octanol–water partition coefficient (Wildman–Crippen LogP) is 2.35. The second-order valence-electron chi connectivity index (χ2n) is 6.30. The topological polar surface area (TPSA) is 95.3 Å². The fraction of sp³-hybridized carbons (Fsp3) is 0.300. The first-order valence-corrected chi connectivity index (χ1v) is 9.00. The lowest BCUT2D eigenvalue weighted by Gasteiger charge is -2.13. The van der Waals surface area contributed by atoms with E-state index in [1.54, 1.807) is 11.6 Å². The summed E-state index contributed by atoms with van der Waals surface area (Å²) in [6.07, 6.45) is 9.13. The number of benzene rings is 1. The van der Waals surface area contributed by atoms with Gasteiger partial charge in [0.15, 0.2) is 0 Å². The summed E-state index contributed by atoms with van der Waals surface area (Å²) in [5, 5.41) is 10.6. The van der Waals surface area contributed by atoms with Gasteiger partial charge < -0.3 is 14.8 Å². The van der Waals surface area contributed by atoms with Crippen LogP contribution in [0.25, 0.3) is 0 Å². The molecule has 0 spiro atoms. The molecule has 8 nitrogen and oxygen atoms in total. The number of nitrogens with zero attached hydrogens (tertiary/aromatic N) is 3. The van der Waals surface area contributed by atoms with Gasteiger partial charge in [0.2, 0.25) is 0 Å². The molecule has 3 rings (SSSR count). The van der Waals surface area contributed by atoms with Crippen molar-refractivity contribution in [3.63, 3.8) is 0 Å². The molecule has 146 valence electrons. The van der Waals surface area contributed by atoms with Crippen molar-refractivity contribution in [1.82, 2.24) is 20.3 Å². The maximum atomic E-state index is 12.0. The van der Waals surface area contributed by atoms with E-state index in [2.05, 4.69) is 15.6 Å². The first-order chi connectivity index (χ1) is 13.6. The first kappa shape index (κ1) is 19.3. The van der Waals surface area contributed by atoms with Gasteiger partial charge in [-0.05, 0) is 12.5 Å². The molecule has 1 aromatic heterocycles.